The van der Waals surface area contributed by atoms with Gasteiger partial charge in [0.25, 0.3) is 0 Å². The van der Waals surface area contributed by atoms with Gasteiger partial charge in [-0.05, 0) is 23.8 Å². The van der Waals surface area contributed by atoms with E-state index in [2.05, 4.69) is 4.99 Å². The van der Waals surface area contributed by atoms with Crippen LogP contribution in [0.2, 0.25) is 0 Å². The Kier molecular flexibility index (Phi) is 4.24. The number of carbonyl (C=O) groups excluding carboxylic acids is 1. The normalized spacial score (nSPS) is 10.7. The zero-order chi connectivity index (χ0) is 13.5. The van der Waals surface area contributed by atoms with Gasteiger partial charge in [-0.2, -0.15) is 10.9 Å². The van der Waals surface area contributed by atoms with Crippen molar-refractivity contribution in [1.82, 2.24) is 0 Å². The Bertz CT molecular complexity index is 630. The van der Waals surface area contributed by atoms with Crippen molar-refractivity contribution in [3.8, 4) is 0 Å². The van der Waals surface area contributed by atoms with Crippen molar-refractivity contribution in [2.75, 3.05) is 0 Å². The molecule has 0 aromatic heterocycles. The molecule has 0 atom stereocenters. The number of rotatable bonds is 4. The molecule has 0 saturated heterocycles. The molecule has 0 saturated carbocycles. The molecule has 0 bridgehead atoms. The lowest BCUT2D eigenvalue weighted by atomic mass is 10.1. The highest BCUT2D eigenvalue weighted by atomic mass is 16.6. The van der Waals surface area contributed by atoms with Crippen molar-refractivity contribution in [3.63, 3.8) is 0 Å². The third-order valence-electron chi connectivity index (χ3n) is 2.56. The van der Waals surface area contributed by atoms with Crippen molar-refractivity contribution in [2.45, 2.75) is 0 Å². The van der Waals surface area contributed by atoms with Gasteiger partial charge in [0, 0.05) is 5.56 Å². The molecule has 19 heavy (non-hydrogen) atoms. The maximum Gasteiger partial charge on any atom is 0.240 e. The molecule has 0 aliphatic carbocycles. The molecule has 0 fully saturated rings. The van der Waals surface area contributed by atoms with Crippen LogP contribution in [0.25, 0.3) is 11.8 Å². The fourth-order valence-corrected chi connectivity index (χ4v) is 1.70. The highest BCUT2D eigenvalue weighted by Crippen LogP contribution is 2.27. The lowest BCUT2D eigenvalue weighted by Gasteiger charge is -2.07. The average Bonchev–Trinajstić information content (AvgIpc) is 2.47. The second-order valence-electron chi connectivity index (χ2n) is 3.76. The van der Waals surface area contributed by atoms with E-state index in [4.69, 9.17) is 10.7 Å². The van der Waals surface area contributed by atoms with Crippen molar-refractivity contribution in [1.29, 1.82) is 0 Å². The first kappa shape index (κ1) is 12.8. The van der Waals surface area contributed by atoms with E-state index in [9.17, 15) is 4.79 Å². The van der Waals surface area contributed by atoms with E-state index < -0.39 is 0 Å². The van der Waals surface area contributed by atoms with Gasteiger partial charge in [-0.1, -0.05) is 42.5 Å². The minimum absolute atomic E-state index is 0.431. The Morgan fingerprint density at radius 3 is 2.47 bits per heavy atom. The number of nitrogens with two attached hydrogens (primary N) is 1. The summed E-state index contributed by atoms with van der Waals surface area (Å²) in [6.45, 7) is 0. The molecule has 0 aliphatic rings. The number of hydrogen-bond acceptors (Lipinski definition) is 4. The summed E-state index contributed by atoms with van der Waals surface area (Å²) in [4.78, 5) is 18.9. The van der Waals surface area contributed by atoms with Crippen LogP contribution in [0.15, 0.2) is 59.6 Å². The van der Waals surface area contributed by atoms with Crippen molar-refractivity contribution in [2.24, 2.45) is 10.9 Å². The second-order valence-corrected chi connectivity index (χ2v) is 3.76. The summed E-state index contributed by atoms with van der Waals surface area (Å²) < 4.78 is 0. The van der Waals surface area contributed by atoms with E-state index in [0.717, 1.165) is 5.56 Å². The van der Waals surface area contributed by atoms with E-state index >= 15 is 0 Å². The molecule has 0 amide bonds. The van der Waals surface area contributed by atoms with Gasteiger partial charge in [0.15, 0.2) is 5.76 Å². The van der Waals surface area contributed by atoms with E-state index in [1.54, 1.807) is 24.3 Å². The number of benzene rings is 2. The summed E-state index contributed by atoms with van der Waals surface area (Å²) in [6, 6.07) is 16.6. The Labute approximate surface area is 110 Å². The molecular formula is C15H12N2O2. The maximum atomic E-state index is 10.4. The first-order chi connectivity index (χ1) is 9.35. The summed E-state index contributed by atoms with van der Waals surface area (Å²) in [5.74, 6) is 5.74. The molecule has 0 radical (unpaired) electrons. The van der Waals surface area contributed by atoms with Crippen LogP contribution in [0, 0.1) is 0 Å². The summed E-state index contributed by atoms with van der Waals surface area (Å²) in [5.41, 5.74) is 2.04. The molecule has 0 aliphatic heterocycles. The summed E-state index contributed by atoms with van der Waals surface area (Å²) in [5, 5.41) is 0. The van der Waals surface area contributed by atoms with Gasteiger partial charge in [0.1, 0.15) is 0 Å². The van der Waals surface area contributed by atoms with Crippen LogP contribution in [0.1, 0.15) is 11.1 Å². The molecule has 4 nitrogen and oxygen atoms in total. The van der Waals surface area contributed by atoms with Crippen LogP contribution < -0.4 is 5.90 Å². The predicted molar refractivity (Wildman–Crippen MR) is 73.8 cm³/mol. The summed E-state index contributed by atoms with van der Waals surface area (Å²) in [7, 11) is 0. The standard InChI is InChI=1S/C15H12N2O2/c16-19-15(10-12-6-2-1-3-7-12)13-8-4-5-9-14(13)17-11-18/h1-10H,16H2. The largest absolute Gasteiger partial charge is 0.411 e. The zero-order valence-corrected chi connectivity index (χ0v) is 10.1. The minimum Gasteiger partial charge on any atom is -0.411 e. The van der Waals surface area contributed by atoms with Gasteiger partial charge in [0.05, 0.1) is 5.69 Å². The van der Waals surface area contributed by atoms with Crippen LogP contribution >= 0.6 is 0 Å². The first-order valence-corrected chi connectivity index (χ1v) is 5.66. The molecule has 0 spiro atoms. The lowest BCUT2D eigenvalue weighted by molar-refractivity contribution is 0.293. The number of isocyanates is 1. The summed E-state index contributed by atoms with van der Waals surface area (Å²) in [6.07, 6.45) is 3.30. The lowest BCUT2D eigenvalue weighted by Crippen LogP contribution is -1.98. The molecular weight excluding hydrogens is 240 g/mol. The molecule has 0 unspecified atom stereocenters. The molecule has 2 aromatic carbocycles. The summed E-state index contributed by atoms with van der Waals surface area (Å²) >= 11 is 0. The molecule has 2 rings (SSSR count). The minimum atomic E-state index is 0.431. The highest BCUT2D eigenvalue weighted by Gasteiger charge is 2.08. The molecule has 0 heterocycles. The number of nitrogens with zero attached hydrogens (tertiary/aromatic N) is 1. The fraction of sp³-hybridized carbons (Fsp3) is 0. The van der Waals surface area contributed by atoms with Crippen LogP contribution in [0.5, 0.6) is 0 Å². The molecule has 4 heteroatoms. The molecule has 2 aromatic rings. The van der Waals surface area contributed by atoms with E-state index in [1.165, 1.54) is 6.08 Å². The van der Waals surface area contributed by atoms with E-state index in [-0.39, 0.29) is 0 Å². The van der Waals surface area contributed by atoms with Crippen molar-refractivity contribution < 1.29 is 9.63 Å². The number of aliphatic imine (C=N–C) groups is 1. The zero-order valence-electron chi connectivity index (χ0n) is 10.1. The van der Waals surface area contributed by atoms with Gasteiger partial charge in [-0.15, -0.1) is 0 Å². The monoisotopic (exact) mass is 252 g/mol. The number of para-hydroxylation sites is 1. The first-order valence-electron chi connectivity index (χ1n) is 5.66. The van der Waals surface area contributed by atoms with Crippen molar-refractivity contribution >= 4 is 23.6 Å². The Hall–Kier alpha value is -2.68. The van der Waals surface area contributed by atoms with E-state index in [0.29, 0.717) is 17.0 Å². The van der Waals surface area contributed by atoms with Crippen LogP contribution in [0.3, 0.4) is 0 Å². The number of hydrogen-bond donors (Lipinski definition) is 1. The molecule has 94 valence electrons. The smallest absolute Gasteiger partial charge is 0.240 e. The van der Waals surface area contributed by atoms with Crippen molar-refractivity contribution in [3.05, 3.63) is 65.7 Å². The SMILES string of the molecule is NOC(=Cc1ccccc1)c1ccccc1N=C=O. The quantitative estimate of drug-likeness (QED) is 0.299. The Morgan fingerprint density at radius 2 is 1.79 bits per heavy atom. The topological polar surface area (TPSA) is 64.7 Å². The highest BCUT2D eigenvalue weighted by molar-refractivity contribution is 5.82. The van der Waals surface area contributed by atoms with Crippen LogP contribution in [-0.4, -0.2) is 6.08 Å². The van der Waals surface area contributed by atoms with Gasteiger partial charge >= 0.3 is 0 Å². The Balaban J connectivity index is 2.48. The van der Waals surface area contributed by atoms with Gasteiger partial charge in [-0.3, -0.25) is 0 Å². The maximum absolute atomic E-state index is 10.4. The van der Waals surface area contributed by atoms with Gasteiger partial charge in [0.2, 0.25) is 6.08 Å². The molecule has 2 N–H and O–H groups in total. The second kappa shape index (κ2) is 6.31. The van der Waals surface area contributed by atoms with Crippen LogP contribution in [0.4, 0.5) is 5.69 Å². The van der Waals surface area contributed by atoms with Gasteiger partial charge in [-0.25, -0.2) is 4.79 Å². The fourth-order valence-electron chi connectivity index (χ4n) is 1.70. The average molecular weight is 252 g/mol. The van der Waals surface area contributed by atoms with E-state index in [1.807, 2.05) is 36.4 Å². The Morgan fingerprint density at radius 1 is 1.11 bits per heavy atom. The third kappa shape index (κ3) is 3.16. The van der Waals surface area contributed by atoms with Crippen LogP contribution in [-0.2, 0) is 9.63 Å². The van der Waals surface area contributed by atoms with Gasteiger partial charge < -0.3 is 4.84 Å². The predicted octanol–water partition coefficient (Wildman–Crippen LogP) is 3.04. The third-order valence-corrected chi connectivity index (χ3v) is 2.56.